The molecule has 108 valence electrons. The number of nitrogens with one attached hydrogen (secondary N) is 1. The Morgan fingerprint density at radius 2 is 2.00 bits per heavy atom. The van der Waals surface area contributed by atoms with E-state index in [-0.39, 0.29) is 5.91 Å². The lowest BCUT2D eigenvalue weighted by atomic mass is 9.97. The summed E-state index contributed by atoms with van der Waals surface area (Å²) in [6, 6.07) is 1.30. The van der Waals surface area contributed by atoms with E-state index in [4.69, 9.17) is 4.74 Å². The van der Waals surface area contributed by atoms with E-state index in [9.17, 15) is 4.79 Å². The maximum absolute atomic E-state index is 12.1. The van der Waals surface area contributed by atoms with Gasteiger partial charge in [-0.2, -0.15) is 0 Å². The van der Waals surface area contributed by atoms with Crippen LogP contribution in [-0.2, 0) is 9.53 Å². The molecular formula is C14H25N3O2. The summed E-state index contributed by atoms with van der Waals surface area (Å²) in [5, 5.41) is 3.47. The summed E-state index contributed by atoms with van der Waals surface area (Å²) in [6.07, 6.45) is 5.10. The van der Waals surface area contributed by atoms with Crippen LogP contribution in [0, 0.1) is 0 Å². The van der Waals surface area contributed by atoms with Gasteiger partial charge in [-0.3, -0.25) is 4.79 Å². The Morgan fingerprint density at radius 3 is 2.84 bits per heavy atom. The summed E-state index contributed by atoms with van der Waals surface area (Å²) in [4.78, 5) is 16.6. The molecular weight excluding hydrogens is 242 g/mol. The molecule has 3 aliphatic heterocycles. The third-order valence-corrected chi connectivity index (χ3v) is 4.73. The van der Waals surface area contributed by atoms with E-state index in [1.165, 1.54) is 38.8 Å². The summed E-state index contributed by atoms with van der Waals surface area (Å²) < 4.78 is 5.27. The molecule has 3 rings (SSSR count). The van der Waals surface area contributed by atoms with E-state index in [0.29, 0.717) is 25.8 Å². The van der Waals surface area contributed by atoms with Crippen LogP contribution < -0.4 is 5.32 Å². The molecule has 0 aromatic carbocycles. The van der Waals surface area contributed by atoms with Crippen LogP contribution in [0.1, 0.15) is 25.7 Å². The van der Waals surface area contributed by atoms with E-state index in [0.717, 1.165) is 19.1 Å². The van der Waals surface area contributed by atoms with Crippen molar-refractivity contribution in [2.24, 2.45) is 0 Å². The number of nitrogens with zero attached hydrogens (tertiary/aromatic N) is 2. The second-order valence-electron chi connectivity index (χ2n) is 5.93. The van der Waals surface area contributed by atoms with Crippen LogP contribution in [0.15, 0.2) is 0 Å². The zero-order chi connectivity index (χ0) is 13.1. The Balaban J connectivity index is 1.40. The molecule has 5 nitrogen and oxygen atoms in total. The van der Waals surface area contributed by atoms with Gasteiger partial charge >= 0.3 is 0 Å². The predicted molar refractivity (Wildman–Crippen MR) is 73.0 cm³/mol. The highest BCUT2D eigenvalue weighted by Crippen LogP contribution is 2.26. The summed E-state index contributed by atoms with van der Waals surface area (Å²) in [7, 11) is 0. The number of rotatable bonds is 3. The van der Waals surface area contributed by atoms with Crippen molar-refractivity contribution >= 4 is 5.91 Å². The number of carbonyl (C=O) groups excluding carboxylic acids is 1. The van der Waals surface area contributed by atoms with E-state index < -0.39 is 0 Å². The monoisotopic (exact) mass is 267 g/mol. The molecule has 3 saturated heterocycles. The van der Waals surface area contributed by atoms with Gasteiger partial charge in [0.25, 0.3) is 0 Å². The Labute approximate surface area is 115 Å². The van der Waals surface area contributed by atoms with E-state index in [1.54, 1.807) is 0 Å². The van der Waals surface area contributed by atoms with Gasteiger partial charge in [0, 0.05) is 25.2 Å². The van der Waals surface area contributed by atoms with Gasteiger partial charge in [0.2, 0.25) is 5.91 Å². The Hall–Kier alpha value is -0.650. The Morgan fingerprint density at radius 1 is 1.16 bits per heavy atom. The standard InChI is InChI=1S/C14H25N3O2/c18-14(17-6-8-19-9-7-17)11-15-12-3-5-16-4-1-2-13(16)10-12/h12-13,15H,1-11H2. The van der Waals surface area contributed by atoms with Gasteiger partial charge in [0.05, 0.1) is 19.8 Å². The van der Waals surface area contributed by atoms with Gasteiger partial charge in [-0.05, 0) is 38.8 Å². The second-order valence-corrected chi connectivity index (χ2v) is 5.93. The summed E-state index contributed by atoms with van der Waals surface area (Å²) >= 11 is 0. The molecule has 1 amide bonds. The Kier molecular flexibility index (Phi) is 4.35. The lowest BCUT2D eigenvalue weighted by Crippen LogP contribution is -2.50. The molecule has 5 heteroatoms. The number of fused-ring (bicyclic) bond motifs is 1. The number of piperidine rings is 1. The van der Waals surface area contributed by atoms with Crippen LogP contribution >= 0.6 is 0 Å². The van der Waals surface area contributed by atoms with Crippen LogP contribution in [-0.4, -0.2) is 73.7 Å². The molecule has 0 aromatic rings. The zero-order valence-electron chi connectivity index (χ0n) is 11.6. The second kappa shape index (κ2) is 6.20. The van der Waals surface area contributed by atoms with E-state index >= 15 is 0 Å². The van der Waals surface area contributed by atoms with E-state index in [2.05, 4.69) is 10.2 Å². The normalized spacial score (nSPS) is 32.3. The maximum atomic E-state index is 12.1. The number of ether oxygens (including phenoxy) is 1. The molecule has 0 aromatic heterocycles. The van der Waals surface area contributed by atoms with E-state index in [1.807, 2.05) is 4.90 Å². The molecule has 19 heavy (non-hydrogen) atoms. The van der Waals surface area contributed by atoms with Crippen molar-refractivity contribution in [1.82, 2.24) is 15.1 Å². The summed E-state index contributed by atoms with van der Waals surface area (Å²) in [5.41, 5.74) is 0. The first-order chi connectivity index (χ1) is 9.33. The van der Waals surface area contributed by atoms with Gasteiger partial charge in [-0.1, -0.05) is 0 Å². The minimum Gasteiger partial charge on any atom is -0.378 e. The van der Waals surface area contributed by atoms with Gasteiger partial charge in [-0.25, -0.2) is 0 Å². The van der Waals surface area contributed by atoms with Gasteiger partial charge in [0.15, 0.2) is 0 Å². The molecule has 0 saturated carbocycles. The van der Waals surface area contributed by atoms with Crippen LogP contribution in [0.2, 0.25) is 0 Å². The zero-order valence-corrected chi connectivity index (χ0v) is 11.6. The first-order valence-electron chi connectivity index (χ1n) is 7.66. The van der Waals surface area contributed by atoms with Crippen molar-refractivity contribution in [1.29, 1.82) is 0 Å². The lowest BCUT2D eigenvalue weighted by molar-refractivity contribution is -0.134. The topological polar surface area (TPSA) is 44.8 Å². The van der Waals surface area contributed by atoms with Crippen molar-refractivity contribution in [3.05, 3.63) is 0 Å². The third-order valence-electron chi connectivity index (χ3n) is 4.73. The van der Waals surface area contributed by atoms with Gasteiger partial charge < -0.3 is 19.9 Å². The SMILES string of the molecule is O=C(CNC1CCN2CCCC2C1)N1CCOCC1. The lowest BCUT2D eigenvalue weighted by Gasteiger charge is -2.35. The number of hydrogen-bond donors (Lipinski definition) is 1. The fourth-order valence-electron chi connectivity index (χ4n) is 3.57. The highest BCUT2D eigenvalue weighted by molar-refractivity contribution is 5.78. The van der Waals surface area contributed by atoms with Crippen LogP contribution in [0.4, 0.5) is 0 Å². The first kappa shape index (κ1) is 13.3. The Bertz CT molecular complexity index is 318. The highest BCUT2D eigenvalue weighted by Gasteiger charge is 2.31. The molecule has 0 radical (unpaired) electrons. The molecule has 0 bridgehead atoms. The molecule has 0 aliphatic carbocycles. The number of morpholine rings is 1. The molecule has 0 spiro atoms. The summed E-state index contributed by atoms with van der Waals surface area (Å²) in [6.45, 7) is 5.86. The third kappa shape index (κ3) is 3.27. The molecule has 3 fully saturated rings. The summed E-state index contributed by atoms with van der Waals surface area (Å²) in [5.74, 6) is 0.233. The number of amides is 1. The van der Waals surface area contributed by atoms with Crippen molar-refractivity contribution in [2.45, 2.75) is 37.8 Å². The number of carbonyl (C=O) groups is 1. The van der Waals surface area contributed by atoms with Crippen LogP contribution in [0.25, 0.3) is 0 Å². The largest absolute Gasteiger partial charge is 0.378 e. The van der Waals surface area contributed by atoms with Crippen molar-refractivity contribution < 1.29 is 9.53 Å². The van der Waals surface area contributed by atoms with Crippen LogP contribution in [0.3, 0.4) is 0 Å². The average molecular weight is 267 g/mol. The molecule has 3 aliphatic rings. The molecule has 1 N–H and O–H groups in total. The quantitative estimate of drug-likeness (QED) is 0.785. The fraction of sp³-hybridized carbons (Fsp3) is 0.929. The van der Waals surface area contributed by atoms with Crippen molar-refractivity contribution in [2.75, 3.05) is 45.9 Å². The molecule has 3 heterocycles. The van der Waals surface area contributed by atoms with Gasteiger partial charge in [0.1, 0.15) is 0 Å². The number of hydrogen-bond acceptors (Lipinski definition) is 4. The van der Waals surface area contributed by atoms with Crippen molar-refractivity contribution in [3.8, 4) is 0 Å². The average Bonchev–Trinajstić information content (AvgIpc) is 2.93. The first-order valence-corrected chi connectivity index (χ1v) is 7.66. The van der Waals surface area contributed by atoms with Gasteiger partial charge in [-0.15, -0.1) is 0 Å². The minimum absolute atomic E-state index is 0.233. The highest BCUT2D eigenvalue weighted by atomic mass is 16.5. The molecule has 2 unspecified atom stereocenters. The maximum Gasteiger partial charge on any atom is 0.236 e. The molecule has 2 atom stereocenters. The van der Waals surface area contributed by atoms with Crippen LogP contribution in [0.5, 0.6) is 0 Å². The fourth-order valence-corrected chi connectivity index (χ4v) is 3.57. The minimum atomic E-state index is 0.233. The smallest absolute Gasteiger partial charge is 0.236 e. The van der Waals surface area contributed by atoms with Crippen molar-refractivity contribution in [3.63, 3.8) is 0 Å². The predicted octanol–water partition coefficient (Wildman–Crippen LogP) is 0.0616.